The number of nitrogens with zero attached hydrogens (tertiary/aromatic N) is 3. The zero-order chi connectivity index (χ0) is 29.7. The maximum atomic E-state index is 14.7. The molecular formula is C30H31F3N4O4S. The molecule has 222 valence electrons. The first-order valence-electron chi connectivity index (χ1n) is 13.9. The summed E-state index contributed by atoms with van der Waals surface area (Å²) < 4.78 is 69.1. The molecule has 3 fully saturated rings. The number of oxazole rings is 1. The van der Waals surface area contributed by atoms with Crippen molar-refractivity contribution in [2.45, 2.75) is 49.5 Å². The third-order valence-corrected chi connectivity index (χ3v) is 10.1. The highest BCUT2D eigenvalue weighted by molar-refractivity contribution is 8.24. The Labute approximate surface area is 242 Å². The Hall–Kier alpha value is -3.53. The summed E-state index contributed by atoms with van der Waals surface area (Å²) in [7, 11) is -2.54. The van der Waals surface area contributed by atoms with E-state index < -0.39 is 58.5 Å². The molecule has 2 saturated carbocycles. The largest absolute Gasteiger partial charge is 0.436 e. The number of alkyl halides is 2. The number of hydrogen-bond acceptors (Lipinski definition) is 7. The predicted molar refractivity (Wildman–Crippen MR) is 153 cm³/mol. The fourth-order valence-corrected chi connectivity index (χ4v) is 7.00. The second kappa shape index (κ2) is 10.6. The van der Waals surface area contributed by atoms with Gasteiger partial charge in [0.05, 0.1) is 29.2 Å². The highest BCUT2D eigenvalue weighted by atomic mass is 32.3. The topological polar surface area (TPSA) is 123 Å². The normalized spacial score (nSPS) is 24.8. The van der Waals surface area contributed by atoms with E-state index in [4.69, 9.17) is 9.40 Å². The van der Waals surface area contributed by atoms with Crippen LogP contribution in [0.1, 0.15) is 43.7 Å². The molecule has 42 heavy (non-hydrogen) atoms. The fraction of sp³-hybridized carbons (Fsp3) is 0.433. The van der Waals surface area contributed by atoms with Crippen molar-refractivity contribution in [1.29, 1.82) is 5.26 Å². The third-order valence-electron chi connectivity index (χ3n) is 8.46. The molecule has 1 aromatic heterocycles. The molecule has 1 amide bonds. The van der Waals surface area contributed by atoms with Crippen LogP contribution in [0.25, 0.3) is 22.8 Å². The molecule has 6 rings (SSSR count). The van der Waals surface area contributed by atoms with Gasteiger partial charge in [0.2, 0.25) is 17.7 Å². The van der Waals surface area contributed by atoms with Gasteiger partial charge in [0.15, 0.2) is 5.76 Å². The lowest BCUT2D eigenvalue weighted by Crippen LogP contribution is -2.45. The van der Waals surface area contributed by atoms with Gasteiger partial charge in [-0.1, -0.05) is 0 Å². The van der Waals surface area contributed by atoms with Crippen LogP contribution in [-0.2, 0) is 4.79 Å². The molecule has 1 saturated heterocycles. The van der Waals surface area contributed by atoms with Crippen LogP contribution in [-0.4, -0.2) is 56.1 Å². The zero-order valence-corrected chi connectivity index (χ0v) is 23.5. The number of rotatable bonds is 6. The quantitative estimate of drug-likeness (QED) is 0.299. The first-order valence-corrected chi connectivity index (χ1v) is 15.8. The van der Waals surface area contributed by atoms with Crippen LogP contribution < -0.4 is 10.2 Å². The zero-order valence-electron chi connectivity index (χ0n) is 22.7. The molecule has 0 radical (unpaired) electrons. The van der Waals surface area contributed by atoms with Crippen LogP contribution in [0.2, 0.25) is 0 Å². The molecule has 3 aliphatic rings. The van der Waals surface area contributed by atoms with Crippen molar-refractivity contribution in [3.8, 4) is 28.8 Å². The Morgan fingerprint density at radius 1 is 1.05 bits per heavy atom. The first-order chi connectivity index (χ1) is 20.0. The second-order valence-electron chi connectivity index (χ2n) is 11.5. The Bertz CT molecular complexity index is 1510. The predicted octanol–water partition coefficient (Wildman–Crippen LogP) is 6.41. The van der Waals surface area contributed by atoms with E-state index in [0.29, 0.717) is 60.0 Å². The maximum absolute atomic E-state index is 14.7. The number of aromatic nitrogens is 1. The number of anilines is 1. The third kappa shape index (κ3) is 5.86. The lowest BCUT2D eigenvalue weighted by molar-refractivity contribution is -0.134. The van der Waals surface area contributed by atoms with Crippen LogP contribution in [0, 0.1) is 23.1 Å². The van der Waals surface area contributed by atoms with Crippen LogP contribution in [0.5, 0.6) is 0 Å². The summed E-state index contributed by atoms with van der Waals surface area (Å²) in [5, 5.41) is 12.2. The summed E-state index contributed by atoms with van der Waals surface area (Å²) in [5.41, 5.74) is 1.37. The SMILES string of the molecule is N#CC1(NC(=O)[C@@H]2CC(F)(F)CC[C@H]2c2nc(-c3ccc(F)cc3)oc2-c2ccc(N3CCS(O)(O)CC3)cc2)CC1. The molecule has 0 unspecified atom stereocenters. The van der Waals surface area contributed by atoms with Crippen molar-refractivity contribution in [3.63, 3.8) is 0 Å². The monoisotopic (exact) mass is 600 g/mol. The number of carbonyl (C=O) groups is 1. The van der Waals surface area contributed by atoms with Crippen molar-refractivity contribution < 1.29 is 31.5 Å². The van der Waals surface area contributed by atoms with Gasteiger partial charge in [0.1, 0.15) is 11.4 Å². The number of amides is 1. The lowest BCUT2D eigenvalue weighted by Gasteiger charge is -2.41. The lowest BCUT2D eigenvalue weighted by atomic mass is 9.74. The van der Waals surface area contributed by atoms with Crippen molar-refractivity contribution >= 4 is 22.2 Å². The van der Waals surface area contributed by atoms with Crippen molar-refractivity contribution in [1.82, 2.24) is 10.3 Å². The Balaban J connectivity index is 1.36. The van der Waals surface area contributed by atoms with Crippen molar-refractivity contribution in [2.24, 2.45) is 5.92 Å². The number of nitriles is 1. The summed E-state index contributed by atoms with van der Waals surface area (Å²) in [6.45, 7) is 1.00. The molecule has 8 nitrogen and oxygen atoms in total. The summed E-state index contributed by atoms with van der Waals surface area (Å²) in [4.78, 5) is 20.1. The molecule has 2 aliphatic carbocycles. The average molecular weight is 601 g/mol. The molecule has 2 atom stereocenters. The van der Waals surface area contributed by atoms with Crippen molar-refractivity contribution in [2.75, 3.05) is 29.5 Å². The molecule has 2 heterocycles. The number of nitrogens with one attached hydrogen (secondary N) is 1. The van der Waals surface area contributed by atoms with Gasteiger partial charge in [-0.05, 0) is 67.8 Å². The van der Waals surface area contributed by atoms with E-state index in [1.807, 2.05) is 24.3 Å². The van der Waals surface area contributed by atoms with Gasteiger partial charge >= 0.3 is 0 Å². The van der Waals surface area contributed by atoms with Gasteiger partial charge in [-0.2, -0.15) is 15.9 Å². The second-order valence-corrected chi connectivity index (χ2v) is 13.9. The maximum Gasteiger partial charge on any atom is 0.249 e. The summed E-state index contributed by atoms with van der Waals surface area (Å²) in [6.07, 6.45) is -0.137. The molecule has 0 spiro atoms. The van der Waals surface area contributed by atoms with Crippen LogP contribution in [0.4, 0.5) is 18.9 Å². The highest BCUT2D eigenvalue weighted by Gasteiger charge is 2.51. The molecule has 1 aliphatic heterocycles. The number of benzene rings is 2. The summed E-state index contributed by atoms with van der Waals surface area (Å²) >= 11 is 0. The van der Waals surface area contributed by atoms with E-state index in [2.05, 4.69) is 16.3 Å². The molecular weight excluding hydrogens is 569 g/mol. The molecule has 0 bridgehead atoms. The summed E-state index contributed by atoms with van der Waals surface area (Å²) in [6, 6.07) is 15.1. The Kier molecular flexibility index (Phi) is 7.23. The number of carbonyl (C=O) groups excluding carboxylic acids is 1. The van der Waals surface area contributed by atoms with E-state index in [9.17, 15) is 32.3 Å². The smallest absolute Gasteiger partial charge is 0.249 e. The van der Waals surface area contributed by atoms with Crippen molar-refractivity contribution in [3.05, 3.63) is 60.0 Å². The van der Waals surface area contributed by atoms with E-state index in [1.54, 1.807) is 0 Å². The van der Waals surface area contributed by atoms with Crippen LogP contribution in [0.3, 0.4) is 0 Å². The van der Waals surface area contributed by atoms with Crippen LogP contribution in [0.15, 0.2) is 52.9 Å². The van der Waals surface area contributed by atoms with Gasteiger partial charge < -0.3 is 14.6 Å². The van der Waals surface area contributed by atoms with Gasteiger partial charge in [-0.3, -0.25) is 13.9 Å². The Morgan fingerprint density at radius 2 is 1.69 bits per heavy atom. The van der Waals surface area contributed by atoms with E-state index in [1.165, 1.54) is 24.3 Å². The number of halogens is 3. The number of hydrogen-bond donors (Lipinski definition) is 3. The minimum Gasteiger partial charge on any atom is -0.436 e. The van der Waals surface area contributed by atoms with E-state index in [-0.39, 0.29) is 12.3 Å². The minimum atomic E-state index is -3.04. The molecule has 2 aromatic carbocycles. The molecule has 3 aromatic rings. The summed E-state index contributed by atoms with van der Waals surface area (Å²) in [5.74, 6) is -4.78. The van der Waals surface area contributed by atoms with E-state index in [0.717, 1.165) is 5.69 Å². The fourth-order valence-electron chi connectivity index (χ4n) is 5.77. The first kappa shape index (κ1) is 28.6. The highest BCUT2D eigenvalue weighted by Crippen LogP contribution is 2.49. The van der Waals surface area contributed by atoms with Gasteiger partial charge in [0.25, 0.3) is 0 Å². The minimum absolute atomic E-state index is 0.00864. The Morgan fingerprint density at radius 3 is 2.31 bits per heavy atom. The van der Waals surface area contributed by atoms with Gasteiger partial charge in [-0.25, -0.2) is 18.2 Å². The average Bonchev–Trinajstić information content (AvgIpc) is 3.60. The van der Waals surface area contributed by atoms with Gasteiger partial charge in [-0.15, -0.1) is 0 Å². The van der Waals surface area contributed by atoms with Crippen LogP contribution >= 0.6 is 10.6 Å². The molecule has 12 heteroatoms. The van der Waals surface area contributed by atoms with E-state index >= 15 is 0 Å². The molecule has 3 N–H and O–H groups in total. The standard InChI is InChI=1S/C30H31F3N4O4S/c31-21-5-1-20(2-6-21)28-35-25(23-9-10-30(32,33)17-24(23)27(38)36-29(18-34)11-12-29)26(41-28)19-3-7-22(8-4-19)37-13-15-42(39,40)16-14-37/h1-8,23-24,39-40H,9-17H2,(H,36,38)/t23-,24-/m1/s1. The van der Waals surface area contributed by atoms with Gasteiger partial charge in [0, 0.05) is 48.7 Å².